The second kappa shape index (κ2) is 7.94. The molecule has 0 fully saturated rings. The molecule has 0 unspecified atom stereocenters. The van der Waals surface area contributed by atoms with Gasteiger partial charge in [0.2, 0.25) is 5.91 Å². The summed E-state index contributed by atoms with van der Waals surface area (Å²) in [5.41, 5.74) is 3.81. The monoisotopic (exact) mass is 390 g/mol. The highest BCUT2D eigenvalue weighted by Crippen LogP contribution is 2.31. The fourth-order valence-corrected chi connectivity index (χ4v) is 4.23. The number of rotatable bonds is 5. The quantitative estimate of drug-likeness (QED) is 0.434. The van der Waals surface area contributed by atoms with Crippen molar-refractivity contribution < 1.29 is 4.79 Å². The van der Waals surface area contributed by atoms with Crippen molar-refractivity contribution in [1.82, 2.24) is 4.98 Å². The van der Waals surface area contributed by atoms with Gasteiger partial charge in [-0.15, -0.1) is 23.1 Å². The van der Waals surface area contributed by atoms with Crippen LogP contribution in [0, 0.1) is 0 Å². The van der Waals surface area contributed by atoms with E-state index in [1.807, 2.05) is 73.0 Å². The Kier molecular flexibility index (Phi) is 5.23. The van der Waals surface area contributed by atoms with Crippen molar-refractivity contribution in [1.29, 1.82) is 0 Å². The van der Waals surface area contributed by atoms with Gasteiger partial charge in [0.25, 0.3) is 0 Å². The molecule has 0 saturated carbocycles. The Bertz CT molecular complexity index is 1050. The van der Waals surface area contributed by atoms with E-state index in [0.717, 1.165) is 32.0 Å². The largest absolute Gasteiger partial charge is 0.326 e. The summed E-state index contributed by atoms with van der Waals surface area (Å²) in [7, 11) is 0. The lowest BCUT2D eigenvalue weighted by atomic mass is 10.1. The second-order valence-corrected chi connectivity index (χ2v) is 8.05. The average Bonchev–Trinajstić information content (AvgIpc) is 3.13. The number of nitrogens with one attached hydrogen (secondary N) is 1. The van der Waals surface area contributed by atoms with Gasteiger partial charge in [0, 0.05) is 16.1 Å². The fourth-order valence-electron chi connectivity index (χ4n) is 2.86. The first-order valence-corrected chi connectivity index (χ1v) is 10.6. The maximum absolute atomic E-state index is 12.4. The molecule has 1 N–H and O–H groups in total. The van der Waals surface area contributed by atoms with Gasteiger partial charge >= 0.3 is 0 Å². The summed E-state index contributed by atoms with van der Waals surface area (Å²) in [4.78, 5) is 18.3. The maximum Gasteiger partial charge on any atom is 0.228 e. The number of anilines is 1. The van der Waals surface area contributed by atoms with Gasteiger partial charge in [-0.2, -0.15) is 0 Å². The van der Waals surface area contributed by atoms with E-state index in [1.54, 1.807) is 23.1 Å². The zero-order valence-electron chi connectivity index (χ0n) is 14.8. The third kappa shape index (κ3) is 4.21. The van der Waals surface area contributed by atoms with Gasteiger partial charge in [-0.25, -0.2) is 4.98 Å². The number of hydrogen-bond donors (Lipinski definition) is 1. The van der Waals surface area contributed by atoms with Gasteiger partial charge in [-0.05, 0) is 48.2 Å². The first-order valence-electron chi connectivity index (χ1n) is 8.60. The van der Waals surface area contributed by atoms with Crippen molar-refractivity contribution in [2.24, 2.45) is 0 Å². The number of aromatic nitrogens is 1. The van der Waals surface area contributed by atoms with E-state index in [-0.39, 0.29) is 5.91 Å². The molecule has 0 aliphatic heterocycles. The van der Waals surface area contributed by atoms with Gasteiger partial charge in [-0.1, -0.05) is 36.4 Å². The molecule has 4 aromatic rings. The second-order valence-electron chi connectivity index (χ2n) is 6.14. The summed E-state index contributed by atoms with van der Waals surface area (Å²) < 4.78 is 1.16. The average molecular weight is 391 g/mol. The van der Waals surface area contributed by atoms with Crippen LogP contribution in [0.15, 0.2) is 77.7 Å². The Morgan fingerprint density at radius 1 is 1.04 bits per heavy atom. The molecular formula is C22H18N2OS2. The predicted molar refractivity (Wildman–Crippen MR) is 116 cm³/mol. The molecule has 0 aliphatic carbocycles. The molecule has 0 aliphatic rings. The standard InChI is InChI=1S/C22H18N2OS2/c1-26-18-11-9-15(10-12-18)13-21(25)23-17-6-4-5-16(14-17)22-24-19-7-2-3-8-20(19)27-22/h2-12,14H,13H2,1H3,(H,23,25). The number of carbonyl (C=O) groups excluding carboxylic acids is 1. The number of benzene rings is 3. The van der Waals surface area contributed by atoms with Crippen LogP contribution in [0.3, 0.4) is 0 Å². The minimum atomic E-state index is -0.0200. The number of thiazole rings is 1. The molecule has 4 rings (SSSR count). The van der Waals surface area contributed by atoms with Crippen LogP contribution in [0.25, 0.3) is 20.8 Å². The Morgan fingerprint density at radius 3 is 2.63 bits per heavy atom. The van der Waals surface area contributed by atoms with Crippen LogP contribution >= 0.6 is 23.1 Å². The molecule has 0 spiro atoms. The topological polar surface area (TPSA) is 42.0 Å². The van der Waals surface area contributed by atoms with Crippen molar-refractivity contribution in [3.8, 4) is 10.6 Å². The van der Waals surface area contributed by atoms with Crippen LogP contribution in [-0.2, 0) is 11.2 Å². The Labute approximate surface area is 166 Å². The van der Waals surface area contributed by atoms with Crippen molar-refractivity contribution in [2.75, 3.05) is 11.6 Å². The third-order valence-corrected chi connectivity index (χ3v) is 6.04. The molecule has 1 amide bonds. The molecule has 0 atom stereocenters. The van der Waals surface area contributed by atoms with Crippen LogP contribution in [0.2, 0.25) is 0 Å². The molecule has 0 saturated heterocycles. The third-order valence-electron chi connectivity index (χ3n) is 4.21. The van der Waals surface area contributed by atoms with Crippen molar-refractivity contribution >= 4 is 44.9 Å². The molecule has 5 heteroatoms. The Hall–Kier alpha value is -2.63. The van der Waals surface area contributed by atoms with E-state index in [1.165, 1.54) is 4.90 Å². The Balaban J connectivity index is 1.49. The first-order chi connectivity index (χ1) is 13.2. The zero-order chi connectivity index (χ0) is 18.6. The van der Waals surface area contributed by atoms with Crippen LogP contribution in [0.5, 0.6) is 0 Å². The normalized spacial score (nSPS) is 10.9. The smallest absolute Gasteiger partial charge is 0.228 e. The van der Waals surface area contributed by atoms with E-state index in [4.69, 9.17) is 4.98 Å². The molecule has 0 bridgehead atoms. The number of para-hydroxylation sites is 1. The number of amides is 1. The van der Waals surface area contributed by atoms with Gasteiger partial charge in [0.05, 0.1) is 16.6 Å². The summed E-state index contributed by atoms with van der Waals surface area (Å²) >= 11 is 3.35. The number of hydrogen-bond acceptors (Lipinski definition) is 4. The number of fused-ring (bicyclic) bond motifs is 1. The zero-order valence-corrected chi connectivity index (χ0v) is 16.4. The molecule has 1 heterocycles. The van der Waals surface area contributed by atoms with Crippen LogP contribution < -0.4 is 5.32 Å². The van der Waals surface area contributed by atoms with Crippen LogP contribution in [-0.4, -0.2) is 17.1 Å². The molecule has 27 heavy (non-hydrogen) atoms. The minimum absolute atomic E-state index is 0.0200. The molecular weight excluding hydrogens is 372 g/mol. The molecule has 134 valence electrons. The van der Waals surface area contributed by atoms with E-state index in [0.29, 0.717) is 6.42 Å². The highest BCUT2D eigenvalue weighted by Gasteiger charge is 2.08. The molecule has 1 aromatic heterocycles. The number of nitrogens with zero attached hydrogens (tertiary/aromatic N) is 1. The Morgan fingerprint density at radius 2 is 1.85 bits per heavy atom. The summed E-state index contributed by atoms with van der Waals surface area (Å²) in [6.45, 7) is 0. The van der Waals surface area contributed by atoms with Crippen LogP contribution in [0.1, 0.15) is 5.56 Å². The summed E-state index contributed by atoms with van der Waals surface area (Å²) in [6, 6.07) is 24.1. The van der Waals surface area contributed by atoms with E-state index >= 15 is 0 Å². The predicted octanol–water partition coefficient (Wildman–Crippen LogP) is 5.87. The summed E-state index contributed by atoms with van der Waals surface area (Å²) in [5.74, 6) is -0.0200. The maximum atomic E-state index is 12.4. The first kappa shape index (κ1) is 17.8. The lowest BCUT2D eigenvalue weighted by Gasteiger charge is -2.07. The highest BCUT2D eigenvalue weighted by molar-refractivity contribution is 7.98. The van der Waals surface area contributed by atoms with Crippen molar-refractivity contribution in [3.63, 3.8) is 0 Å². The van der Waals surface area contributed by atoms with Crippen molar-refractivity contribution in [3.05, 3.63) is 78.4 Å². The molecule has 3 nitrogen and oxygen atoms in total. The SMILES string of the molecule is CSc1ccc(CC(=O)Nc2cccc(-c3nc4ccccc4s3)c2)cc1. The lowest BCUT2D eigenvalue weighted by Crippen LogP contribution is -2.14. The minimum Gasteiger partial charge on any atom is -0.326 e. The van der Waals surface area contributed by atoms with Gasteiger partial charge in [0.1, 0.15) is 5.01 Å². The number of thioether (sulfide) groups is 1. The van der Waals surface area contributed by atoms with Gasteiger partial charge < -0.3 is 5.32 Å². The fraction of sp³-hybridized carbons (Fsp3) is 0.0909. The van der Waals surface area contributed by atoms with Crippen molar-refractivity contribution in [2.45, 2.75) is 11.3 Å². The van der Waals surface area contributed by atoms with E-state index in [2.05, 4.69) is 11.4 Å². The summed E-state index contributed by atoms with van der Waals surface area (Å²) in [5, 5.41) is 3.95. The molecule has 3 aromatic carbocycles. The highest BCUT2D eigenvalue weighted by atomic mass is 32.2. The van der Waals surface area contributed by atoms with E-state index < -0.39 is 0 Å². The van der Waals surface area contributed by atoms with Crippen LogP contribution in [0.4, 0.5) is 5.69 Å². The summed E-state index contributed by atoms with van der Waals surface area (Å²) in [6.07, 6.45) is 2.40. The van der Waals surface area contributed by atoms with Gasteiger partial charge in [-0.3, -0.25) is 4.79 Å². The van der Waals surface area contributed by atoms with E-state index in [9.17, 15) is 4.79 Å². The lowest BCUT2D eigenvalue weighted by molar-refractivity contribution is -0.115. The number of carbonyl (C=O) groups is 1. The molecule has 0 radical (unpaired) electrons. The van der Waals surface area contributed by atoms with Gasteiger partial charge in [0.15, 0.2) is 0 Å².